The van der Waals surface area contributed by atoms with Gasteiger partial charge in [-0.15, -0.1) is 0 Å². The van der Waals surface area contributed by atoms with Crippen molar-refractivity contribution in [2.24, 2.45) is 5.84 Å². The van der Waals surface area contributed by atoms with Crippen molar-refractivity contribution in [1.29, 1.82) is 5.41 Å². The van der Waals surface area contributed by atoms with Gasteiger partial charge in [-0.25, -0.2) is 0 Å². The molecular formula is C39H33N3. The van der Waals surface area contributed by atoms with E-state index >= 15 is 0 Å². The van der Waals surface area contributed by atoms with E-state index in [4.69, 9.17) is 11.3 Å². The maximum Gasteiger partial charge on any atom is 0.0713 e. The Morgan fingerprint density at radius 2 is 1.21 bits per heavy atom. The van der Waals surface area contributed by atoms with Gasteiger partial charge >= 0.3 is 0 Å². The quantitative estimate of drug-likeness (QED) is 0.0742. The molecule has 0 aliphatic heterocycles. The van der Waals surface area contributed by atoms with Gasteiger partial charge in [0.2, 0.25) is 0 Å². The zero-order valence-electron chi connectivity index (χ0n) is 23.4. The lowest BCUT2D eigenvalue weighted by atomic mass is 9.67. The summed E-state index contributed by atoms with van der Waals surface area (Å²) in [6.07, 6.45) is 6.98. The molecule has 1 aliphatic carbocycles. The molecule has 0 saturated heterocycles. The number of benzene rings is 5. The average molecular weight is 544 g/mol. The molecule has 0 fully saturated rings. The topological polar surface area (TPSA) is 61.9 Å². The first-order chi connectivity index (χ1) is 20.7. The van der Waals surface area contributed by atoms with E-state index in [1.165, 1.54) is 39.6 Å². The molecule has 1 aliphatic rings. The summed E-state index contributed by atoms with van der Waals surface area (Å²) in [5.41, 5.74) is 13.8. The lowest BCUT2D eigenvalue weighted by Gasteiger charge is -2.34. The lowest BCUT2D eigenvalue weighted by Crippen LogP contribution is -2.28. The maximum absolute atomic E-state index is 7.67. The third-order valence-electron chi connectivity index (χ3n) is 8.31. The first kappa shape index (κ1) is 26.9. The minimum atomic E-state index is -0.442. The fourth-order valence-electron chi connectivity index (χ4n) is 6.45. The number of rotatable bonds is 9. The van der Waals surface area contributed by atoms with E-state index in [-0.39, 0.29) is 5.92 Å². The van der Waals surface area contributed by atoms with Gasteiger partial charge in [-0.1, -0.05) is 146 Å². The van der Waals surface area contributed by atoms with E-state index in [0.717, 1.165) is 22.4 Å². The number of allylic oxidation sites excluding steroid dienone is 4. The van der Waals surface area contributed by atoms with Crippen LogP contribution in [0.4, 0.5) is 0 Å². The predicted molar refractivity (Wildman–Crippen MR) is 175 cm³/mol. The average Bonchev–Trinajstić information content (AvgIpc) is 3.37. The molecule has 0 radical (unpaired) electrons. The van der Waals surface area contributed by atoms with Crippen molar-refractivity contribution in [3.63, 3.8) is 0 Å². The van der Waals surface area contributed by atoms with E-state index in [1.54, 1.807) is 12.2 Å². The Morgan fingerprint density at radius 1 is 0.690 bits per heavy atom. The Kier molecular flexibility index (Phi) is 7.50. The molecule has 0 aromatic heterocycles. The van der Waals surface area contributed by atoms with Crippen LogP contribution in [0.5, 0.6) is 0 Å². The highest BCUT2D eigenvalue weighted by molar-refractivity contribution is 5.86. The fourth-order valence-corrected chi connectivity index (χ4v) is 6.45. The highest BCUT2D eigenvalue weighted by Gasteiger charge is 2.45. The zero-order valence-corrected chi connectivity index (χ0v) is 23.4. The summed E-state index contributed by atoms with van der Waals surface area (Å²) < 4.78 is 0. The summed E-state index contributed by atoms with van der Waals surface area (Å²) in [6.45, 7) is 4.01. The van der Waals surface area contributed by atoms with Crippen LogP contribution in [0.15, 0.2) is 164 Å². The Balaban J connectivity index is 1.51. The SMILES string of the molecule is C=C/C(=C\C=N)C(/C=C(\NN)c1ccc(C2(c3ccccc3)c3ccccc3-c3ccccc32)cc1)c1ccccc1. The van der Waals surface area contributed by atoms with Crippen molar-refractivity contribution >= 4 is 11.9 Å². The summed E-state index contributed by atoms with van der Waals surface area (Å²) in [6, 6.07) is 47.2. The van der Waals surface area contributed by atoms with Crippen molar-refractivity contribution in [1.82, 2.24) is 5.43 Å². The molecule has 1 atom stereocenters. The molecule has 42 heavy (non-hydrogen) atoms. The third kappa shape index (κ3) is 4.50. The third-order valence-corrected chi connectivity index (χ3v) is 8.31. The van der Waals surface area contributed by atoms with E-state index < -0.39 is 5.41 Å². The first-order valence-electron chi connectivity index (χ1n) is 14.1. The van der Waals surface area contributed by atoms with Crippen LogP contribution in [-0.4, -0.2) is 6.21 Å². The molecule has 5 aromatic carbocycles. The van der Waals surface area contributed by atoms with E-state index in [1.807, 2.05) is 18.2 Å². The summed E-state index contributed by atoms with van der Waals surface area (Å²) in [4.78, 5) is 0. The number of fused-ring (bicyclic) bond motifs is 3. The number of nitrogens with two attached hydrogens (primary N) is 1. The van der Waals surface area contributed by atoms with Crippen LogP contribution in [0.3, 0.4) is 0 Å². The summed E-state index contributed by atoms with van der Waals surface area (Å²) in [7, 11) is 0. The van der Waals surface area contributed by atoms with E-state index in [9.17, 15) is 0 Å². The van der Waals surface area contributed by atoms with E-state index in [2.05, 4.69) is 133 Å². The Labute approximate surface area is 247 Å². The van der Waals surface area contributed by atoms with Crippen LogP contribution >= 0.6 is 0 Å². The normalized spacial score (nSPS) is 14.4. The Bertz CT molecular complexity index is 1740. The van der Waals surface area contributed by atoms with Crippen molar-refractivity contribution in [3.8, 4) is 11.1 Å². The second-order valence-corrected chi connectivity index (χ2v) is 10.4. The van der Waals surface area contributed by atoms with Gasteiger partial charge in [0.25, 0.3) is 0 Å². The smallest absolute Gasteiger partial charge is 0.0713 e. The minimum absolute atomic E-state index is 0.125. The highest BCUT2D eigenvalue weighted by atomic mass is 15.2. The van der Waals surface area contributed by atoms with Crippen molar-refractivity contribution in [2.45, 2.75) is 11.3 Å². The highest BCUT2D eigenvalue weighted by Crippen LogP contribution is 2.55. The molecule has 5 aromatic rings. The predicted octanol–water partition coefficient (Wildman–Crippen LogP) is 8.40. The minimum Gasteiger partial charge on any atom is -0.324 e. The molecule has 0 bridgehead atoms. The van der Waals surface area contributed by atoms with E-state index in [0.29, 0.717) is 0 Å². The molecule has 204 valence electrons. The molecule has 0 spiro atoms. The van der Waals surface area contributed by atoms with Gasteiger partial charge in [-0.2, -0.15) is 0 Å². The Hall–Kier alpha value is -5.25. The van der Waals surface area contributed by atoms with Gasteiger partial charge in [0.15, 0.2) is 0 Å². The van der Waals surface area contributed by atoms with Crippen LogP contribution < -0.4 is 11.3 Å². The van der Waals surface area contributed by atoms with Crippen molar-refractivity contribution in [2.75, 3.05) is 0 Å². The van der Waals surface area contributed by atoms with Gasteiger partial charge < -0.3 is 10.8 Å². The molecule has 3 nitrogen and oxygen atoms in total. The standard InChI is InChI=1S/C39H33N3/c1-2-28(25-26-40)35(29-13-5-3-6-14-29)27-38(42-41)30-21-23-32(24-22-30)39(31-15-7-4-8-16-31)36-19-11-9-17-33(36)34-18-10-12-20-37(34)39/h2-27,35,40,42H,1,41H2/b28-25+,38-27-,40-26?. The molecule has 4 N–H and O–H groups in total. The molecule has 0 saturated carbocycles. The summed E-state index contributed by atoms with van der Waals surface area (Å²) in [5, 5.41) is 7.67. The van der Waals surface area contributed by atoms with Gasteiger partial charge in [0, 0.05) is 12.1 Å². The lowest BCUT2D eigenvalue weighted by molar-refractivity contribution is 0.768. The van der Waals surface area contributed by atoms with Crippen LogP contribution in [0, 0.1) is 5.41 Å². The van der Waals surface area contributed by atoms with Gasteiger partial charge in [-0.05, 0) is 62.2 Å². The van der Waals surface area contributed by atoms with Gasteiger partial charge in [-0.3, -0.25) is 5.84 Å². The van der Waals surface area contributed by atoms with Crippen molar-refractivity contribution < 1.29 is 0 Å². The number of nitrogens with one attached hydrogen (secondary N) is 2. The second kappa shape index (κ2) is 11.7. The zero-order chi connectivity index (χ0) is 28.9. The fraction of sp³-hybridized carbons (Fsp3) is 0.0513. The molecule has 0 amide bonds. The first-order valence-corrected chi connectivity index (χ1v) is 14.1. The second-order valence-electron chi connectivity index (χ2n) is 10.4. The molecule has 3 heteroatoms. The van der Waals surface area contributed by atoms with Gasteiger partial charge in [0.05, 0.1) is 11.1 Å². The van der Waals surface area contributed by atoms with Crippen LogP contribution in [0.25, 0.3) is 16.8 Å². The number of hydrogen-bond donors (Lipinski definition) is 3. The summed E-state index contributed by atoms with van der Waals surface area (Å²) in [5.74, 6) is 6.02. The van der Waals surface area contributed by atoms with Crippen LogP contribution in [-0.2, 0) is 5.41 Å². The van der Waals surface area contributed by atoms with Gasteiger partial charge in [0.1, 0.15) is 0 Å². The molecular weight excluding hydrogens is 510 g/mol. The molecule has 1 unspecified atom stereocenters. The van der Waals surface area contributed by atoms with Crippen LogP contribution in [0.1, 0.15) is 39.3 Å². The van der Waals surface area contributed by atoms with Crippen molar-refractivity contribution in [3.05, 3.63) is 197 Å². The molecule has 0 heterocycles. The van der Waals surface area contributed by atoms with Crippen LogP contribution in [0.2, 0.25) is 0 Å². The number of hydrazine groups is 1. The summed E-state index contributed by atoms with van der Waals surface area (Å²) >= 11 is 0. The molecule has 6 rings (SSSR count). The monoisotopic (exact) mass is 543 g/mol. The maximum atomic E-state index is 7.67. The Morgan fingerprint density at radius 3 is 1.76 bits per heavy atom. The largest absolute Gasteiger partial charge is 0.324 e. The number of hydrogen-bond acceptors (Lipinski definition) is 3.